The molecule has 0 saturated carbocycles. The Balaban J connectivity index is 1.95. The van der Waals surface area contributed by atoms with Crippen molar-refractivity contribution in [1.82, 2.24) is 14.9 Å². The van der Waals surface area contributed by atoms with Crippen LogP contribution in [-0.2, 0) is 11.3 Å². The van der Waals surface area contributed by atoms with E-state index in [0.717, 1.165) is 37.4 Å². The molecule has 0 bridgehead atoms. The molecule has 5 nitrogen and oxygen atoms in total. The SMILES string of the molecule is CCNc1cnc(CN2CCCCCCC2=O)cn1. The van der Waals surface area contributed by atoms with Gasteiger partial charge in [0.2, 0.25) is 5.91 Å². The minimum atomic E-state index is 0.247. The summed E-state index contributed by atoms with van der Waals surface area (Å²) < 4.78 is 0. The minimum Gasteiger partial charge on any atom is -0.369 e. The van der Waals surface area contributed by atoms with Gasteiger partial charge in [-0.25, -0.2) is 4.98 Å². The van der Waals surface area contributed by atoms with E-state index < -0.39 is 0 Å². The summed E-state index contributed by atoms with van der Waals surface area (Å²) in [6.07, 6.45) is 8.65. The fourth-order valence-corrected chi connectivity index (χ4v) is 2.29. The molecule has 0 atom stereocenters. The molecular weight excluding hydrogens is 240 g/mol. The van der Waals surface area contributed by atoms with Crippen molar-refractivity contribution in [2.75, 3.05) is 18.4 Å². The predicted molar refractivity (Wildman–Crippen MR) is 74.7 cm³/mol. The largest absolute Gasteiger partial charge is 0.369 e. The van der Waals surface area contributed by atoms with Crippen LogP contribution >= 0.6 is 0 Å². The Bertz CT molecular complexity index is 404. The summed E-state index contributed by atoms with van der Waals surface area (Å²) in [5.41, 5.74) is 0.857. The highest BCUT2D eigenvalue weighted by molar-refractivity contribution is 5.76. The molecule has 0 aromatic carbocycles. The molecule has 1 saturated heterocycles. The van der Waals surface area contributed by atoms with E-state index in [-0.39, 0.29) is 5.91 Å². The Morgan fingerprint density at radius 2 is 2.05 bits per heavy atom. The molecule has 0 spiro atoms. The number of hydrogen-bond acceptors (Lipinski definition) is 4. The maximum Gasteiger partial charge on any atom is 0.222 e. The lowest BCUT2D eigenvalue weighted by molar-refractivity contribution is -0.132. The molecule has 1 aliphatic rings. The number of aromatic nitrogens is 2. The van der Waals surface area contributed by atoms with Crippen molar-refractivity contribution in [3.05, 3.63) is 18.1 Å². The summed E-state index contributed by atoms with van der Waals surface area (Å²) >= 11 is 0. The first kappa shape index (κ1) is 13.8. The number of nitrogens with zero attached hydrogens (tertiary/aromatic N) is 3. The third kappa shape index (κ3) is 4.19. The Morgan fingerprint density at radius 1 is 1.21 bits per heavy atom. The summed E-state index contributed by atoms with van der Waals surface area (Å²) in [6, 6.07) is 0. The first-order valence-electron chi connectivity index (χ1n) is 7.12. The molecule has 1 aliphatic heterocycles. The van der Waals surface area contributed by atoms with Gasteiger partial charge in [0.25, 0.3) is 0 Å². The van der Waals surface area contributed by atoms with Crippen molar-refractivity contribution >= 4 is 11.7 Å². The van der Waals surface area contributed by atoms with Gasteiger partial charge in [0, 0.05) is 19.5 Å². The van der Waals surface area contributed by atoms with Gasteiger partial charge in [0.15, 0.2) is 0 Å². The van der Waals surface area contributed by atoms with Crippen molar-refractivity contribution in [2.45, 2.75) is 45.6 Å². The third-order valence-electron chi connectivity index (χ3n) is 3.34. The molecule has 104 valence electrons. The van der Waals surface area contributed by atoms with Gasteiger partial charge in [-0.15, -0.1) is 0 Å². The Hall–Kier alpha value is -1.65. The Kier molecular flexibility index (Phi) is 5.12. The lowest BCUT2D eigenvalue weighted by atomic mass is 10.1. The summed E-state index contributed by atoms with van der Waals surface area (Å²) in [5.74, 6) is 1.03. The normalized spacial score (nSPS) is 16.9. The molecule has 1 fully saturated rings. The molecular formula is C14H22N4O. The van der Waals surface area contributed by atoms with Crippen LogP contribution in [0.4, 0.5) is 5.82 Å². The van der Waals surface area contributed by atoms with Crippen LogP contribution in [0.25, 0.3) is 0 Å². The highest BCUT2D eigenvalue weighted by Crippen LogP contribution is 2.14. The molecule has 1 aromatic rings. The van der Waals surface area contributed by atoms with Gasteiger partial charge in [-0.2, -0.15) is 0 Å². The highest BCUT2D eigenvalue weighted by Gasteiger charge is 2.16. The molecule has 5 heteroatoms. The molecule has 2 rings (SSSR count). The van der Waals surface area contributed by atoms with Gasteiger partial charge in [-0.3, -0.25) is 9.78 Å². The summed E-state index contributed by atoms with van der Waals surface area (Å²) in [7, 11) is 0. The lowest BCUT2D eigenvalue weighted by Crippen LogP contribution is -2.32. The van der Waals surface area contributed by atoms with Gasteiger partial charge in [0.05, 0.1) is 24.6 Å². The van der Waals surface area contributed by atoms with Gasteiger partial charge in [-0.05, 0) is 19.8 Å². The van der Waals surface area contributed by atoms with E-state index in [2.05, 4.69) is 15.3 Å². The van der Waals surface area contributed by atoms with Crippen molar-refractivity contribution < 1.29 is 4.79 Å². The average molecular weight is 262 g/mol. The number of likely N-dealkylation sites (tertiary alicyclic amines) is 1. The Morgan fingerprint density at radius 3 is 2.79 bits per heavy atom. The smallest absolute Gasteiger partial charge is 0.222 e. The molecule has 0 unspecified atom stereocenters. The lowest BCUT2D eigenvalue weighted by Gasteiger charge is -2.24. The number of amides is 1. The van der Waals surface area contributed by atoms with Crippen LogP contribution in [0.5, 0.6) is 0 Å². The fraction of sp³-hybridized carbons (Fsp3) is 0.643. The van der Waals surface area contributed by atoms with E-state index >= 15 is 0 Å². The van der Waals surface area contributed by atoms with E-state index in [4.69, 9.17) is 0 Å². The second-order valence-corrected chi connectivity index (χ2v) is 4.90. The topological polar surface area (TPSA) is 58.1 Å². The quantitative estimate of drug-likeness (QED) is 0.903. The minimum absolute atomic E-state index is 0.247. The van der Waals surface area contributed by atoms with Crippen LogP contribution in [0.15, 0.2) is 12.4 Å². The number of carbonyl (C=O) groups is 1. The van der Waals surface area contributed by atoms with Crippen LogP contribution in [-0.4, -0.2) is 33.9 Å². The maximum atomic E-state index is 12.0. The Labute approximate surface area is 114 Å². The average Bonchev–Trinajstić information content (AvgIpc) is 2.41. The predicted octanol–water partition coefficient (Wildman–Crippen LogP) is 2.20. The summed E-state index contributed by atoms with van der Waals surface area (Å²) in [5, 5.41) is 3.11. The van der Waals surface area contributed by atoms with E-state index in [9.17, 15) is 4.79 Å². The van der Waals surface area contributed by atoms with Crippen molar-refractivity contribution in [3.8, 4) is 0 Å². The number of anilines is 1. The maximum absolute atomic E-state index is 12.0. The molecule has 1 amide bonds. The third-order valence-corrected chi connectivity index (χ3v) is 3.34. The zero-order valence-electron chi connectivity index (χ0n) is 11.6. The van der Waals surface area contributed by atoms with E-state index in [1.54, 1.807) is 12.4 Å². The van der Waals surface area contributed by atoms with Crippen LogP contribution < -0.4 is 5.32 Å². The molecule has 0 aliphatic carbocycles. The second-order valence-electron chi connectivity index (χ2n) is 4.90. The standard InChI is InChI=1S/C14H22N4O/c1-2-15-13-10-16-12(9-17-13)11-18-8-6-4-3-5-7-14(18)19/h9-10H,2-8,11H2,1H3,(H,15,17). The van der Waals surface area contributed by atoms with Gasteiger partial charge >= 0.3 is 0 Å². The second kappa shape index (κ2) is 7.07. The zero-order valence-corrected chi connectivity index (χ0v) is 11.6. The number of hydrogen-bond donors (Lipinski definition) is 1. The van der Waals surface area contributed by atoms with Crippen LogP contribution in [0.3, 0.4) is 0 Å². The van der Waals surface area contributed by atoms with Crippen molar-refractivity contribution in [1.29, 1.82) is 0 Å². The molecule has 2 heterocycles. The van der Waals surface area contributed by atoms with Crippen LogP contribution in [0.1, 0.15) is 44.7 Å². The monoisotopic (exact) mass is 262 g/mol. The zero-order chi connectivity index (χ0) is 13.5. The number of carbonyl (C=O) groups excluding carboxylic acids is 1. The summed E-state index contributed by atoms with van der Waals surface area (Å²) in [6.45, 7) is 4.28. The van der Waals surface area contributed by atoms with E-state index in [1.165, 1.54) is 12.8 Å². The highest BCUT2D eigenvalue weighted by atomic mass is 16.2. The molecule has 1 N–H and O–H groups in total. The molecule has 1 aromatic heterocycles. The fourth-order valence-electron chi connectivity index (χ4n) is 2.29. The van der Waals surface area contributed by atoms with Gasteiger partial charge in [0.1, 0.15) is 5.82 Å². The van der Waals surface area contributed by atoms with Crippen LogP contribution in [0.2, 0.25) is 0 Å². The van der Waals surface area contributed by atoms with Crippen molar-refractivity contribution in [2.24, 2.45) is 0 Å². The van der Waals surface area contributed by atoms with E-state index in [1.807, 2.05) is 11.8 Å². The molecule has 19 heavy (non-hydrogen) atoms. The number of rotatable bonds is 4. The van der Waals surface area contributed by atoms with Crippen molar-refractivity contribution in [3.63, 3.8) is 0 Å². The summed E-state index contributed by atoms with van der Waals surface area (Å²) in [4.78, 5) is 22.6. The first-order chi connectivity index (χ1) is 9.29. The first-order valence-corrected chi connectivity index (χ1v) is 7.12. The van der Waals surface area contributed by atoms with E-state index in [0.29, 0.717) is 13.0 Å². The van der Waals surface area contributed by atoms with Crippen LogP contribution in [0, 0.1) is 0 Å². The number of nitrogens with one attached hydrogen (secondary N) is 1. The molecule has 0 radical (unpaired) electrons. The van der Waals surface area contributed by atoms with Gasteiger partial charge in [-0.1, -0.05) is 12.8 Å². The van der Waals surface area contributed by atoms with Gasteiger partial charge < -0.3 is 10.2 Å².